The molecule has 1 heterocycles. The Morgan fingerprint density at radius 2 is 2.00 bits per heavy atom. The predicted octanol–water partition coefficient (Wildman–Crippen LogP) is 2.24. The Kier molecular flexibility index (Phi) is 4.47. The van der Waals surface area contributed by atoms with Crippen LogP contribution in [-0.4, -0.2) is 30.3 Å². The lowest BCUT2D eigenvalue weighted by Crippen LogP contribution is -2.22. The van der Waals surface area contributed by atoms with E-state index in [1.54, 1.807) is 0 Å². The third-order valence-electron chi connectivity index (χ3n) is 3.05. The summed E-state index contributed by atoms with van der Waals surface area (Å²) in [4.78, 5) is 2.07. The van der Waals surface area contributed by atoms with Gasteiger partial charge in [-0.1, -0.05) is 23.8 Å². The maximum absolute atomic E-state index is 5.51. The third-order valence-corrected chi connectivity index (χ3v) is 3.05. The second-order valence-corrected chi connectivity index (χ2v) is 4.71. The number of rotatable bonds is 5. The van der Waals surface area contributed by atoms with Crippen LogP contribution in [0.25, 0.3) is 11.3 Å². The van der Waals surface area contributed by atoms with Gasteiger partial charge in [-0.3, -0.25) is 0 Å². The maximum Gasteiger partial charge on any atom is 0.151 e. The van der Waals surface area contributed by atoms with E-state index in [1.807, 2.05) is 25.2 Å². The van der Waals surface area contributed by atoms with Crippen molar-refractivity contribution >= 4 is 5.82 Å². The Bertz CT molecular complexity index is 522. The molecular weight excluding hydrogens is 236 g/mol. The Labute approximate surface area is 114 Å². The van der Waals surface area contributed by atoms with Crippen LogP contribution in [0.1, 0.15) is 12.0 Å². The molecule has 0 amide bonds. The standard InChI is InChI=1S/C15H20N4/c1-12-5-3-6-13(11-12)14-7-8-15(18-17-14)19(2)10-4-9-16/h3,5-8,11H,4,9-10,16H2,1-2H3. The van der Waals surface area contributed by atoms with Crippen LogP contribution < -0.4 is 10.6 Å². The van der Waals surface area contributed by atoms with Crippen molar-refractivity contribution in [3.05, 3.63) is 42.0 Å². The third kappa shape index (κ3) is 3.51. The SMILES string of the molecule is Cc1cccc(-c2ccc(N(C)CCCN)nn2)c1. The molecule has 4 heteroatoms. The highest BCUT2D eigenvalue weighted by Gasteiger charge is 2.04. The Balaban J connectivity index is 2.14. The Hall–Kier alpha value is -1.94. The lowest BCUT2D eigenvalue weighted by atomic mass is 10.1. The number of aryl methyl sites for hydroxylation is 1. The second-order valence-electron chi connectivity index (χ2n) is 4.71. The van der Waals surface area contributed by atoms with E-state index in [1.165, 1.54) is 5.56 Å². The zero-order chi connectivity index (χ0) is 13.7. The molecule has 0 saturated carbocycles. The van der Waals surface area contributed by atoms with Crippen LogP contribution in [0.3, 0.4) is 0 Å². The first kappa shape index (κ1) is 13.5. The molecule has 2 rings (SSSR count). The summed E-state index contributed by atoms with van der Waals surface area (Å²) < 4.78 is 0. The van der Waals surface area contributed by atoms with E-state index in [0.29, 0.717) is 6.54 Å². The number of benzene rings is 1. The van der Waals surface area contributed by atoms with Gasteiger partial charge < -0.3 is 10.6 Å². The fraction of sp³-hybridized carbons (Fsp3) is 0.333. The van der Waals surface area contributed by atoms with E-state index in [9.17, 15) is 0 Å². The van der Waals surface area contributed by atoms with Gasteiger partial charge in [0, 0.05) is 19.2 Å². The summed E-state index contributed by atoms with van der Waals surface area (Å²) in [7, 11) is 2.01. The van der Waals surface area contributed by atoms with Gasteiger partial charge in [0.1, 0.15) is 0 Å². The largest absolute Gasteiger partial charge is 0.358 e. The predicted molar refractivity (Wildman–Crippen MR) is 79.1 cm³/mol. The van der Waals surface area contributed by atoms with Crippen LogP contribution in [0.15, 0.2) is 36.4 Å². The number of anilines is 1. The van der Waals surface area contributed by atoms with E-state index >= 15 is 0 Å². The molecule has 4 nitrogen and oxygen atoms in total. The highest BCUT2D eigenvalue weighted by molar-refractivity contribution is 5.60. The fourth-order valence-corrected chi connectivity index (χ4v) is 1.93. The van der Waals surface area contributed by atoms with Gasteiger partial charge in [0.05, 0.1) is 5.69 Å². The summed E-state index contributed by atoms with van der Waals surface area (Å²) >= 11 is 0. The molecule has 0 aliphatic heterocycles. The van der Waals surface area contributed by atoms with Crippen molar-refractivity contribution in [2.75, 3.05) is 25.0 Å². The van der Waals surface area contributed by atoms with Crippen LogP contribution in [0.4, 0.5) is 5.82 Å². The van der Waals surface area contributed by atoms with Crippen LogP contribution >= 0.6 is 0 Å². The molecule has 0 spiro atoms. The van der Waals surface area contributed by atoms with Crippen LogP contribution in [0.2, 0.25) is 0 Å². The summed E-state index contributed by atoms with van der Waals surface area (Å²) in [6.07, 6.45) is 0.956. The van der Waals surface area contributed by atoms with Gasteiger partial charge in [-0.15, -0.1) is 10.2 Å². The van der Waals surface area contributed by atoms with Gasteiger partial charge in [0.25, 0.3) is 0 Å². The highest BCUT2D eigenvalue weighted by Crippen LogP contribution is 2.19. The van der Waals surface area contributed by atoms with E-state index < -0.39 is 0 Å². The normalized spacial score (nSPS) is 10.5. The first-order valence-electron chi connectivity index (χ1n) is 6.52. The maximum atomic E-state index is 5.51. The number of hydrogen-bond donors (Lipinski definition) is 1. The molecule has 0 unspecified atom stereocenters. The molecule has 0 aliphatic carbocycles. The van der Waals surface area contributed by atoms with Crippen molar-refractivity contribution in [3.8, 4) is 11.3 Å². The summed E-state index contributed by atoms with van der Waals surface area (Å²) in [5.41, 5.74) is 8.73. The zero-order valence-electron chi connectivity index (χ0n) is 11.5. The van der Waals surface area contributed by atoms with Crippen molar-refractivity contribution in [2.45, 2.75) is 13.3 Å². The van der Waals surface area contributed by atoms with E-state index in [0.717, 1.165) is 30.0 Å². The van der Waals surface area contributed by atoms with Gasteiger partial charge in [-0.05, 0) is 38.1 Å². The summed E-state index contributed by atoms with van der Waals surface area (Å²) in [6, 6.07) is 12.3. The number of aromatic nitrogens is 2. The van der Waals surface area contributed by atoms with E-state index in [-0.39, 0.29) is 0 Å². The summed E-state index contributed by atoms with van der Waals surface area (Å²) in [5, 5.41) is 8.57. The van der Waals surface area contributed by atoms with Crippen molar-refractivity contribution in [2.24, 2.45) is 5.73 Å². The zero-order valence-corrected chi connectivity index (χ0v) is 11.5. The minimum Gasteiger partial charge on any atom is -0.358 e. The molecule has 19 heavy (non-hydrogen) atoms. The number of nitrogens with two attached hydrogens (primary N) is 1. The van der Waals surface area contributed by atoms with E-state index in [4.69, 9.17) is 5.73 Å². The van der Waals surface area contributed by atoms with Crippen molar-refractivity contribution in [1.29, 1.82) is 0 Å². The molecule has 0 fully saturated rings. The molecule has 1 aromatic carbocycles. The molecular formula is C15H20N4. The lowest BCUT2D eigenvalue weighted by molar-refractivity contribution is 0.778. The van der Waals surface area contributed by atoms with Crippen LogP contribution in [0.5, 0.6) is 0 Å². The van der Waals surface area contributed by atoms with Gasteiger partial charge in [-0.2, -0.15) is 0 Å². The molecule has 0 bridgehead atoms. The summed E-state index contributed by atoms with van der Waals surface area (Å²) in [5.74, 6) is 0.879. The van der Waals surface area contributed by atoms with Crippen LogP contribution in [-0.2, 0) is 0 Å². The van der Waals surface area contributed by atoms with Crippen molar-refractivity contribution in [3.63, 3.8) is 0 Å². The quantitative estimate of drug-likeness (QED) is 0.891. The molecule has 0 aliphatic rings. The minimum absolute atomic E-state index is 0.694. The fourth-order valence-electron chi connectivity index (χ4n) is 1.93. The average Bonchev–Trinajstić information content (AvgIpc) is 2.45. The van der Waals surface area contributed by atoms with E-state index in [2.05, 4.69) is 40.2 Å². The van der Waals surface area contributed by atoms with Gasteiger partial charge in [-0.25, -0.2) is 0 Å². The molecule has 0 atom stereocenters. The van der Waals surface area contributed by atoms with Gasteiger partial charge in [0.2, 0.25) is 0 Å². The smallest absolute Gasteiger partial charge is 0.151 e. The minimum atomic E-state index is 0.694. The monoisotopic (exact) mass is 256 g/mol. The second kappa shape index (κ2) is 6.29. The first-order chi connectivity index (χ1) is 9.20. The molecule has 100 valence electrons. The number of nitrogens with zero attached hydrogens (tertiary/aromatic N) is 3. The van der Waals surface area contributed by atoms with Gasteiger partial charge >= 0.3 is 0 Å². The van der Waals surface area contributed by atoms with Crippen LogP contribution in [0, 0.1) is 6.92 Å². The highest BCUT2D eigenvalue weighted by atomic mass is 15.2. The molecule has 0 radical (unpaired) electrons. The Morgan fingerprint density at radius 3 is 2.63 bits per heavy atom. The molecule has 1 aromatic heterocycles. The molecule has 2 aromatic rings. The topological polar surface area (TPSA) is 55.0 Å². The lowest BCUT2D eigenvalue weighted by Gasteiger charge is -2.16. The summed E-state index contributed by atoms with van der Waals surface area (Å²) in [6.45, 7) is 3.67. The van der Waals surface area contributed by atoms with Gasteiger partial charge in [0.15, 0.2) is 5.82 Å². The molecule has 2 N–H and O–H groups in total. The first-order valence-corrected chi connectivity index (χ1v) is 6.52. The number of hydrogen-bond acceptors (Lipinski definition) is 4. The average molecular weight is 256 g/mol. The van der Waals surface area contributed by atoms with Crippen molar-refractivity contribution < 1.29 is 0 Å². The Morgan fingerprint density at radius 1 is 1.16 bits per heavy atom. The van der Waals surface area contributed by atoms with Crippen molar-refractivity contribution in [1.82, 2.24) is 10.2 Å². The molecule has 0 saturated heterocycles.